The van der Waals surface area contributed by atoms with E-state index >= 15 is 0 Å². The maximum atomic E-state index is 6.35. The Labute approximate surface area is 155 Å². The summed E-state index contributed by atoms with van der Waals surface area (Å²) in [6, 6.07) is 9.16. The summed E-state index contributed by atoms with van der Waals surface area (Å²) in [7, 11) is 3.28. The highest BCUT2D eigenvalue weighted by Gasteiger charge is 2.13. The van der Waals surface area contributed by atoms with Crippen molar-refractivity contribution in [3.63, 3.8) is 0 Å². The van der Waals surface area contributed by atoms with Gasteiger partial charge in [-0.1, -0.05) is 29.3 Å². The fraction of sp³-hybridized carbons (Fsp3) is 0.125. The van der Waals surface area contributed by atoms with Crippen molar-refractivity contribution in [2.24, 2.45) is 12.0 Å². The number of hydrogen-bond donors (Lipinski definition) is 0. The molecule has 0 spiro atoms. The molecule has 3 aromatic rings. The van der Waals surface area contributed by atoms with Gasteiger partial charge in [0.05, 0.1) is 12.8 Å². The number of fused-ring (bicyclic) bond motifs is 1. The third-order valence-corrected chi connectivity index (χ3v) is 3.82. The minimum Gasteiger partial charge on any atom is -0.325 e. The summed E-state index contributed by atoms with van der Waals surface area (Å²) < 4.78 is 1.75. The number of halogens is 3. The van der Waals surface area contributed by atoms with Gasteiger partial charge in [-0.05, 0) is 24.3 Å². The van der Waals surface area contributed by atoms with Crippen LogP contribution in [0, 0.1) is 0 Å². The predicted octanol–water partition coefficient (Wildman–Crippen LogP) is 5.21. The molecule has 126 valence electrons. The smallest absolute Gasteiger partial charge is 0.219 e. The van der Waals surface area contributed by atoms with Crippen molar-refractivity contribution in [1.29, 1.82) is 0 Å². The standard InChI is InChI=1S/C16H13Cl2N3O2.ClH/c1-21-8-10-5-12(19-9-23-22-2)7-14(16(10)20-21)13-4-3-11(17)6-15(13)18;/h3-9H,1-2H3;1H. The molecule has 0 aliphatic rings. The van der Waals surface area contributed by atoms with Crippen LogP contribution in [0.3, 0.4) is 0 Å². The van der Waals surface area contributed by atoms with Gasteiger partial charge in [0.2, 0.25) is 6.40 Å². The van der Waals surface area contributed by atoms with E-state index in [-0.39, 0.29) is 12.4 Å². The third-order valence-electron chi connectivity index (χ3n) is 3.27. The van der Waals surface area contributed by atoms with Crippen LogP contribution in [0.2, 0.25) is 10.0 Å². The molecular weight excluding hydrogens is 373 g/mol. The number of rotatable bonds is 4. The number of benzene rings is 2. The van der Waals surface area contributed by atoms with Crippen molar-refractivity contribution < 1.29 is 9.78 Å². The Morgan fingerprint density at radius 1 is 1.17 bits per heavy atom. The molecule has 0 aliphatic carbocycles. The summed E-state index contributed by atoms with van der Waals surface area (Å²) in [5.41, 5.74) is 3.24. The largest absolute Gasteiger partial charge is 0.325 e. The number of aryl methyl sites for hydroxylation is 1. The second kappa shape index (κ2) is 7.85. The number of hydrogen-bond acceptors (Lipinski definition) is 4. The predicted molar refractivity (Wildman–Crippen MR) is 99.7 cm³/mol. The number of aromatic nitrogens is 2. The van der Waals surface area contributed by atoms with Gasteiger partial charge >= 0.3 is 0 Å². The first kappa shape index (κ1) is 18.5. The second-order valence-electron chi connectivity index (χ2n) is 4.86. The molecule has 0 aliphatic heterocycles. The quantitative estimate of drug-likeness (QED) is 0.268. The van der Waals surface area contributed by atoms with Gasteiger partial charge in [0.25, 0.3) is 0 Å². The van der Waals surface area contributed by atoms with Crippen molar-refractivity contribution in [3.05, 3.63) is 46.6 Å². The average molecular weight is 387 g/mol. The maximum absolute atomic E-state index is 6.35. The zero-order chi connectivity index (χ0) is 16.4. The van der Waals surface area contributed by atoms with Crippen molar-refractivity contribution in [3.8, 4) is 11.1 Å². The van der Waals surface area contributed by atoms with E-state index in [9.17, 15) is 0 Å². The van der Waals surface area contributed by atoms with Crippen molar-refractivity contribution in [2.45, 2.75) is 0 Å². The Hall–Kier alpha value is -1.79. The molecule has 0 bridgehead atoms. The van der Waals surface area contributed by atoms with Gasteiger partial charge in [-0.2, -0.15) is 9.99 Å². The summed E-state index contributed by atoms with van der Waals surface area (Å²) >= 11 is 12.3. The zero-order valence-electron chi connectivity index (χ0n) is 12.9. The van der Waals surface area contributed by atoms with Gasteiger partial charge in [0.1, 0.15) is 5.52 Å². The SMILES string of the molecule is COOC=Nc1cc(-c2ccc(Cl)cc2Cl)c2nn(C)cc2c1.Cl. The summed E-state index contributed by atoms with van der Waals surface area (Å²) in [5.74, 6) is 0. The van der Waals surface area contributed by atoms with Crippen LogP contribution in [0.5, 0.6) is 0 Å². The van der Waals surface area contributed by atoms with Crippen molar-refractivity contribution in [2.75, 3.05) is 7.11 Å². The number of nitrogens with zero attached hydrogens (tertiary/aromatic N) is 3. The molecule has 0 atom stereocenters. The molecule has 0 amide bonds. The lowest BCUT2D eigenvalue weighted by atomic mass is 10.0. The van der Waals surface area contributed by atoms with Crippen LogP contribution >= 0.6 is 35.6 Å². The molecule has 1 heterocycles. The Kier molecular flexibility index (Phi) is 6.07. The molecule has 0 fully saturated rings. The third kappa shape index (κ3) is 3.82. The van der Waals surface area contributed by atoms with Gasteiger partial charge in [-0.3, -0.25) is 4.68 Å². The lowest BCUT2D eigenvalue weighted by Gasteiger charge is -2.07. The van der Waals surface area contributed by atoms with Gasteiger partial charge in [0, 0.05) is 39.8 Å². The molecule has 1 aromatic heterocycles. The molecule has 5 nitrogen and oxygen atoms in total. The fourth-order valence-electron chi connectivity index (χ4n) is 2.35. The van der Waals surface area contributed by atoms with E-state index in [1.807, 2.05) is 31.4 Å². The van der Waals surface area contributed by atoms with Crippen molar-refractivity contribution >= 4 is 58.6 Å². The Bertz CT molecular complexity index is 894. The maximum Gasteiger partial charge on any atom is 0.219 e. The van der Waals surface area contributed by atoms with Crippen LogP contribution in [0.4, 0.5) is 5.69 Å². The van der Waals surface area contributed by atoms with Gasteiger partial charge in [-0.25, -0.2) is 4.99 Å². The Morgan fingerprint density at radius 3 is 2.67 bits per heavy atom. The minimum atomic E-state index is 0. The summed E-state index contributed by atoms with van der Waals surface area (Å²) in [6.07, 6.45) is 3.14. The van der Waals surface area contributed by atoms with Gasteiger partial charge in [-0.15, -0.1) is 12.4 Å². The molecule has 3 rings (SSSR count). The highest BCUT2D eigenvalue weighted by atomic mass is 35.5. The Morgan fingerprint density at radius 2 is 1.96 bits per heavy atom. The molecule has 0 unspecified atom stereocenters. The topological polar surface area (TPSA) is 48.6 Å². The van der Waals surface area contributed by atoms with E-state index in [0.29, 0.717) is 15.7 Å². The van der Waals surface area contributed by atoms with Crippen LogP contribution < -0.4 is 0 Å². The monoisotopic (exact) mass is 385 g/mol. The minimum absolute atomic E-state index is 0. The lowest BCUT2D eigenvalue weighted by molar-refractivity contribution is -0.187. The molecule has 0 saturated carbocycles. The van der Waals surface area contributed by atoms with E-state index in [4.69, 9.17) is 23.2 Å². The normalized spacial score (nSPS) is 11.0. The lowest BCUT2D eigenvalue weighted by Crippen LogP contribution is -1.88. The van der Waals surface area contributed by atoms with E-state index < -0.39 is 0 Å². The van der Waals surface area contributed by atoms with E-state index in [2.05, 4.69) is 19.9 Å². The van der Waals surface area contributed by atoms with E-state index in [1.165, 1.54) is 13.5 Å². The van der Waals surface area contributed by atoms with Crippen LogP contribution in [0.1, 0.15) is 0 Å². The van der Waals surface area contributed by atoms with E-state index in [1.54, 1.807) is 16.8 Å². The molecule has 0 saturated heterocycles. The molecule has 0 radical (unpaired) electrons. The van der Waals surface area contributed by atoms with Crippen LogP contribution in [-0.2, 0) is 16.8 Å². The summed E-state index contributed by atoms with van der Waals surface area (Å²) in [6.45, 7) is 0. The van der Waals surface area contributed by atoms with Gasteiger partial charge < -0.3 is 4.89 Å². The van der Waals surface area contributed by atoms with Crippen LogP contribution in [-0.4, -0.2) is 23.3 Å². The average Bonchev–Trinajstić information content (AvgIpc) is 2.87. The fourth-order valence-corrected chi connectivity index (χ4v) is 2.86. The van der Waals surface area contributed by atoms with Crippen LogP contribution in [0.25, 0.3) is 22.0 Å². The molecule has 0 N–H and O–H groups in total. The second-order valence-corrected chi connectivity index (χ2v) is 5.70. The Balaban J connectivity index is 0.00000208. The van der Waals surface area contributed by atoms with Crippen LogP contribution in [0.15, 0.2) is 41.5 Å². The highest BCUT2D eigenvalue weighted by molar-refractivity contribution is 6.36. The first-order chi connectivity index (χ1) is 11.1. The summed E-state index contributed by atoms with van der Waals surface area (Å²) in [4.78, 5) is 13.4. The van der Waals surface area contributed by atoms with Crippen molar-refractivity contribution in [1.82, 2.24) is 9.78 Å². The van der Waals surface area contributed by atoms with E-state index in [0.717, 1.165) is 22.0 Å². The molecular formula is C16H14Cl3N3O2. The molecule has 24 heavy (non-hydrogen) atoms. The summed E-state index contributed by atoms with van der Waals surface area (Å²) in [5, 5.41) is 6.59. The highest BCUT2D eigenvalue weighted by Crippen LogP contribution is 2.37. The zero-order valence-corrected chi connectivity index (χ0v) is 15.2. The number of aliphatic imine (C=N–C) groups is 1. The first-order valence-electron chi connectivity index (χ1n) is 6.73. The van der Waals surface area contributed by atoms with Gasteiger partial charge in [0.15, 0.2) is 0 Å². The molecule has 2 aromatic carbocycles. The molecule has 8 heteroatoms. The first-order valence-corrected chi connectivity index (χ1v) is 7.49.